The Balaban J connectivity index is 1.15. The van der Waals surface area contributed by atoms with Gasteiger partial charge in [0.1, 0.15) is 24.2 Å². The molecule has 8 heteroatoms. The van der Waals surface area contributed by atoms with Crippen LogP contribution in [-0.2, 0) is 11.3 Å². The first-order valence-corrected chi connectivity index (χ1v) is 12.1. The molecule has 0 radical (unpaired) electrons. The summed E-state index contributed by atoms with van der Waals surface area (Å²) in [5.74, 6) is 8.25. The second-order valence-electron chi connectivity index (χ2n) is 9.76. The van der Waals surface area contributed by atoms with Gasteiger partial charge in [-0.05, 0) is 62.3 Å². The average Bonchev–Trinajstić information content (AvgIpc) is 3.52. The molecular formula is C27H30N4O4. The van der Waals surface area contributed by atoms with Crippen molar-refractivity contribution in [1.82, 2.24) is 19.6 Å². The number of nitrogens with zero attached hydrogens (tertiary/aromatic N) is 4. The highest BCUT2D eigenvalue weighted by atomic mass is 16.5. The fourth-order valence-corrected chi connectivity index (χ4v) is 5.25. The van der Waals surface area contributed by atoms with Crippen LogP contribution in [0.3, 0.4) is 0 Å². The predicted octanol–water partition coefficient (Wildman–Crippen LogP) is 3.00. The van der Waals surface area contributed by atoms with Crippen LogP contribution in [0.25, 0.3) is 11.3 Å². The Morgan fingerprint density at radius 3 is 2.69 bits per heavy atom. The number of aromatic nitrogens is 3. The van der Waals surface area contributed by atoms with Crippen molar-refractivity contribution >= 4 is 5.91 Å². The maximum Gasteiger partial charge on any atom is 0.248 e. The maximum absolute atomic E-state index is 11.7. The molecule has 35 heavy (non-hydrogen) atoms. The lowest BCUT2D eigenvalue weighted by atomic mass is 9.58. The van der Waals surface area contributed by atoms with Gasteiger partial charge in [0.15, 0.2) is 5.76 Å². The Morgan fingerprint density at radius 2 is 2.00 bits per heavy atom. The first kappa shape index (κ1) is 23.3. The van der Waals surface area contributed by atoms with Crippen LogP contribution >= 0.6 is 0 Å². The van der Waals surface area contributed by atoms with E-state index in [0.717, 1.165) is 55.6 Å². The Bertz CT molecular complexity index is 1230. The van der Waals surface area contributed by atoms with Gasteiger partial charge in [0.05, 0.1) is 6.54 Å². The van der Waals surface area contributed by atoms with E-state index in [1.54, 1.807) is 18.0 Å². The molecule has 2 aromatic heterocycles. The minimum atomic E-state index is -0.647. The van der Waals surface area contributed by atoms with Crippen LogP contribution in [0.2, 0.25) is 0 Å². The van der Waals surface area contributed by atoms with Crippen LogP contribution in [-0.4, -0.2) is 55.4 Å². The zero-order valence-corrected chi connectivity index (χ0v) is 19.9. The SMILES string of the molecule is C[C@H](O)c1nccn1Cc1cc(-c2ccc(C#CC3CC4(CCN(C(=O)CO)CC4)C3)cc2)on1. The topological polar surface area (TPSA) is 105 Å². The van der Waals surface area contributed by atoms with Crippen molar-refractivity contribution in [3.8, 4) is 23.2 Å². The molecule has 2 aliphatic rings. The van der Waals surface area contributed by atoms with Crippen molar-refractivity contribution in [3.05, 3.63) is 59.8 Å². The van der Waals surface area contributed by atoms with E-state index >= 15 is 0 Å². The van der Waals surface area contributed by atoms with Crippen LogP contribution in [0.4, 0.5) is 0 Å². The van der Waals surface area contributed by atoms with Gasteiger partial charge in [0.25, 0.3) is 0 Å². The van der Waals surface area contributed by atoms with Gasteiger partial charge in [-0.1, -0.05) is 17.0 Å². The Hall–Kier alpha value is -3.41. The molecule has 1 aliphatic heterocycles. The third-order valence-corrected chi connectivity index (χ3v) is 7.27. The number of amides is 1. The largest absolute Gasteiger partial charge is 0.387 e. The molecule has 3 aromatic rings. The minimum absolute atomic E-state index is 0.163. The highest BCUT2D eigenvalue weighted by Crippen LogP contribution is 2.52. The molecule has 8 nitrogen and oxygen atoms in total. The van der Waals surface area contributed by atoms with Crippen molar-refractivity contribution in [2.24, 2.45) is 11.3 Å². The van der Waals surface area contributed by atoms with Crippen LogP contribution in [0.15, 0.2) is 47.2 Å². The van der Waals surface area contributed by atoms with Gasteiger partial charge in [-0.25, -0.2) is 4.98 Å². The van der Waals surface area contributed by atoms with Crippen molar-refractivity contribution in [2.45, 2.75) is 45.3 Å². The Labute approximate surface area is 204 Å². The number of benzene rings is 1. The van der Waals surface area contributed by atoms with Gasteiger partial charge < -0.3 is 24.2 Å². The fraction of sp³-hybridized carbons (Fsp3) is 0.444. The highest BCUT2D eigenvalue weighted by molar-refractivity contribution is 5.77. The summed E-state index contributed by atoms with van der Waals surface area (Å²) in [7, 11) is 0. The molecular weight excluding hydrogens is 444 g/mol. The number of likely N-dealkylation sites (tertiary alicyclic amines) is 1. The molecule has 1 aromatic carbocycles. The second-order valence-corrected chi connectivity index (χ2v) is 9.76. The molecule has 5 rings (SSSR count). The number of carbonyl (C=O) groups is 1. The molecule has 0 bridgehead atoms. The van der Waals surface area contributed by atoms with E-state index in [1.165, 1.54) is 0 Å². The summed E-state index contributed by atoms with van der Waals surface area (Å²) in [6, 6.07) is 9.88. The lowest BCUT2D eigenvalue weighted by Gasteiger charge is -2.50. The van der Waals surface area contributed by atoms with E-state index in [0.29, 0.717) is 29.5 Å². The van der Waals surface area contributed by atoms with E-state index < -0.39 is 12.7 Å². The zero-order chi connectivity index (χ0) is 24.4. The predicted molar refractivity (Wildman–Crippen MR) is 129 cm³/mol. The van der Waals surface area contributed by atoms with Crippen LogP contribution < -0.4 is 0 Å². The third kappa shape index (κ3) is 5.02. The lowest BCUT2D eigenvalue weighted by molar-refractivity contribution is -0.138. The lowest BCUT2D eigenvalue weighted by Crippen LogP contribution is -2.49. The molecule has 2 fully saturated rings. The molecule has 1 atom stereocenters. The monoisotopic (exact) mass is 474 g/mol. The normalized spacial score (nSPS) is 18.1. The van der Waals surface area contributed by atoms with Crippen molar-refractivity contribution < 1.29 is 19.5 Å². The molecule has 0 unspecified atom stereocenters. The first-order chi connectivity index (χ1) is 16.9. The number of hydrogen-bond acceptors (Lipinski definition) is 6. The molecule has 1 aliphatic carbocycles. The average molecular weight is 475 g/mol. The quantitative estimate of drug-likeness (QED) is 0.551. The highest BCUT2D eigenvalue weighted by Gasteiger charge is 2.45. The number of piperidine rings is 1. The van der Waals surface area contributed by atoms with E-state index in [2.05, 4.69) is 22.0 Å². The number of imidazole rings is 1. The van der Waals surface area contributed by atoms with E-state index in [-0.39, 0.29) is 5.91 Å². The molecule has 2 N–H and O–H groups in total. The van der Waals surface area contributed by atoms with Crippen molar-refractivity contribution in [2.75, 3.05) is 19.7 Å². The number of hydrogen-bond donors (Lipinski definition) is 2. The molecule has 1 amide bonds. The summed E-state index contributed by atoms with van der Waals surface area (Å²) in [5, 5.41) is 23.0. The Kier molecular flexibility index (Phi) is 6.46. The van der Waals surface area contributed by atoms with E-state index in [1.807, 2.05) is 41.1 Å². The summed E-state index contributed by atoms with van der Waals surface area (Å²) >= 11 is 0. The number of rotatable bonds is 5. The number of aliphatic hydroxyl groups is 2. The molecule has 1 spiro atoms. The Morgan fingerprint density at radius 1 is 1.26 bits per heavy atom. The van der Waals surface area contributed by atoms with Gasteiger partial charge in [-0.3, -0.25) is 4.79 Å². The van der Waals surface area contributed by atoms with Crippen molar-refractivity contribution in [3.63, 3.8) is 0 Å². The standard InChI is InChI=1S/C27H30N4O4/c1-19(33)26-28-10-13-31(26)17-23-14-24(35-29-23)22-6-4-20(5-7-22)2-3-21-15-27(16-21)8-11-30(12-9-27)25(34)18-32/h4-7,10,13-14,19,21,32-33H,8-9,11-12,15-18H2,1H3/t19-/m0/s1. The van der Waals surface area contributed by atoms with Gasteiger partial charge in [-0.2, -0.15) is 0 Å². The third-order valence-electron chi connectivity index (χ3n) is 7.27. The van der Waals surface area contributed by atoms with Gasteiger partial charge in [0.2, 0.25) is 5.91 Å². The number of carbonyl (C=O) groups excluding carboxylic acids is 1. The summed E-state index contributed by atoms with van der Waals surface area (Å²) in [4.78, 5) is 17.6. The van der Waals surface area contributed by atoms with Gasteiger partial charge in [0, 0.05) is 48.6 Å². The summed E-state index contributed by atoms with van der Waals surface area (Å²) in [6.45, 7) is 3.26. The van der Waals surface area contributed by atoms with Gasteiger partial charge in [-0.15, -0.1) is 0 Å². The molecule has 1 saturated carbocycles. The molecule has 1 saturated heterocycles. The summed E-state index contributed by atoms with van der Waals surface area (Å²) in [5.41, 5.74) is 2.99. The second kappa shape index (κ2) is 9.68. The first-order valence-electron chi connectivity index (χ1n) is 12.1. The van der Waals surface area contributed by atoms with Gasteiger partial charge >= 0.3 is 0 Å². The van der Waals surface area contributed by atoms with E-state index in [9.17, 15) is 9.90 Å². The zero-order valence-electron chi connectivity index (χ0n) is 19.9. The molecule has 182 valence electrons. The molecule has 3 heterocycles. The minimum Gasteiger partial charge on any atom is -0.387 e. The fourth-order valence-electron chi connectivity index (χ4n) is 5.25. The van der Waals surface area contributed by atoms with Crippen LogP contribution in [0.5, 0.6) is 0 Å². The summed E-state index contributed by atoms with van der Waals surface area (Å²) < 4.78 is 7.39. The maximum atomic E-state index is 11.7. The number of aliphatic hydroxyl groups excluding tert-OH is 2. The van der Waals surface area contributed by atoms with Crippen LogP contribution in [0, 0.1) is 23.2 Å². The summed E-state index contributed by atoms with van der Waals surface area (Å²) in [6.07, 6.45) is 7.02. The van der Waals surface area contributed by atoms with Crippen molar-refractivity contribution in [1.29, 1.82) is 0 Å². The van der Waals surface area contributed by atoms with E-state index in [4.69, 9.17) is 9.63 Å². The van der Waals surface area contributed by atoms with Crippen LogP contribution in [0.1, 0.15) is 55.8 Å². The smallest absolute Gasteiger partial charge is 0.248 e.